The summed E-state index contributed by atoms with van der Waals surface area (Å²) >= 11 is 6.23. The van der Waals surface area contributed by atoms with Gasteiger partial charge in [0.25, 0.3) is 5.91 Å². The molecule has 0 aliphatic carbocycles. The van der Waals surface area contributed by atoms with Gasteiger partial charge in [0, 0.05) is 30.1 Å². The average Bonchev–Trinajstić information content (AvgIpc) is 3.11. The number of halogens is 2. The van der Waals surface area contributed by atoms with E-state index >= 15 is 0 Å². The molecule has 162 valence electrons. The third kappa shape index (κ3) is 4.76. The highest BCUT2D eigenvalue weighted by Crippen LogP contribution is 2.24. The summed E-state index contributed by atoms with van der Waals surface area (Å²) in [4.78, 5) is 21.4. The molecule has 0 radical (unpaired) electrons. The molecule has 7 nitrogen and oxygen atoms in total. The second-order valence-corrected chi connectivity index (χ2v) is 7.46. The Labute approximate surface area is 188 Å². The summed E-state index contributed by atoms with van der Waals surface area (Å²) in [6.45, 7) is 3.89. The van der Waals surface area contributed by atoms with Crippen molar-refractivity contribution >= 4 is 17.5 Å². The molecular formula is C23H19ClFN5O2. The Morgan fingerprint density at radius 1 is 1.16 bits per heavy atom. The van der Waals surface area contributed by atoms with Crippen LogP contribution in [0.5, 0.6) is 11.6 Å². The first-order chi connectivity index (χ1) is 15.4. The van der Waals surface area contributed by atoms with Crippen LogP contribution in [0, 0.1) is 19.7 Å². The molecule has 0 saturated carbocycles. The van der Waals surface area contributed by atoms with E-state index in [2.05, 4.69) is 20.4 Å². The number of pyridine rings is 2. The van der Waals surface area contributed by atoms with Gasteiger partial charge in [0.15, 0.2) is 5.82 Å². The number of amides is 1. The van der Waals surface area contributed by atoms with Crippen LogP contribution in [0.1, 0.15) is 27.4 Å². The van der Waals surface area contributed by atoms with Crippen molar-refractivity contribution in [1.29, 1.82) is 0 Å². The minimum atomic E-state index is -0.459. The van der Waals surface area contributed by atoms with Crippen molar-refractivity contribution in [3.8, 4) is 17.4 Å². The first kappa shape index (κ1) is 21.5. The lowest BCUT2D eigenvalue weighted by Crippen LogP contribution is -2.25. The van der Waals surface area contributed by atoms with Crippen LogP contribution in [0.25, 0.3) is 5.82 Å². The fourth-order valence-corrected chi connectivity index (χ4v) is 3.31. The van der Waals surface area contributed by atoms with Crippen LogP contribution in [0.3, 0.4) is 0 Å². The Balaban J connectivity index is 1.52. The van der Waals surface area contributed by atoms with Gasteiger partial charge in [0.1, 0.15) is 17.3 Å². The topological polar surface area (TPSA) is 81.9 Å². The molecule has 0 atom stereocenters. The third-order valence-electron chi connectivity index (χ3n) is 4.57. The van der Waals surface area contributed by atoms with E-state index in [1.807, 2.05) is 19.9 Å². The van der Waals surface area contributed by atoms with E-state index in [1.165, 1.54) is 12.1 Å². The van der Waals surface area contributed by atoms with Crippen LogP contribution in [-0.4, -0.2) is 25.7 Å². The van der Waals surface area contributed by atoms with Gasteiger partial charge in [-0.25, -0.2) is 19.0 Å². The summed E-state index contributed by atoms with van der Waals surface area (Å²) in [5, 5.41) is 7.39. The summed E-state index contributed by atoms with van der Waals surface area (Å²) in [7, 11) is 0. The van der Waals surface area contributed by atoms with Gasteiger partial charge < -0.3 is 10.1 Å². The Morgan fingerprint density at radius 3 is 2.75 bits per heavy atom. The lowest BCUT2D eigenvalue weighted by atomic mass is 10.2. The smallest absolute Gasteiger partial charge is 0.271 e. The Bertz CT molecular complexity index is 1290. The number of hydrogen-bond donors (Lipinski definition) is 1. The highest BCUT2D eigenvalue weighted by molar-refractivity contribution is 6.33. The van der Waals surface area contributed by atoms with Crippen LogP contribution >= 0.6 is 11.6 Å². The predicted octanol–water partition coefficient (Wildman–Crippen LogP) is 4.79. The molecule has 0 bridgehead atoms. The van der Waals surface area contributed by atoms with Gasteiger partial charge in [0.2, 0.25) is 5.88 Å². The summed E-state index contributed by atoms with van der Waals surface area (Å²) in [6, 6.07) is 14.4. The van der Waals surface area contributed by atoms with Gasteiger partial charge in [-0.1, -0.05) is 23.7 Å². The Hall–Kier alpha value is -3.78. The lowest BCUT2D eigenvalue weighted by Gasteiger charge is -2.12. The number of hydrogen-bond acceptors (Lipinski definition) is 5. The van der Waals surface area contributed by atoms with Gasteiger partial charge >= 0.3 is 0 Å². The number of nitrogens with one attached hydrogen (secondary N) is 1. The van der Waals surface area contributed by atoms with Crippen molar-refractivity contribution < 1.29 is 13.9 Å². The van der Waals surface area contributed by atoms with Crippen molar-refractivity contribution in [3.63, 3.8) is 0 Å². The predicted molar refractivity (Wildman–Crippen MR) is 118 cm³/mol. The molecule has 9 heteroatoms. The lowest BCUT2D eigenvalue weighted by molar-refractivity contribution is 0.0946. The molecule has 0 aliphatic heterocycles. The fraction of sp³-hybridized carbons (Fsp3) is 0.130. The number of ether oxygens (including phenoxy) is 1. The number of aromatic nitrogens is 4. The molecule has 32 heavy (non-hydrogen) atoms. The molecule has 1 amide bonds. The van der Waals surface area contributed by atoms with Crippen LogP contribution in [0.15, 0.2) is 60.8 Å². The number of nitrogens with zero attached hydrogens (tertiary/aromatic N) is 4. The number of rotatable bonds is 6. The molecule has 4 rings (SSSR count). The maximum absolute atomic E-state index is 13.4. The monoisotopic (exact) mass is 451 g/mol. The summed E-state index contributed by atoms with van der Waals surface area (Å²) in [6.07, 6.45) is 1.55. The molecule has 0 spiro atoms. The molecular weight excluding hydrogens is 433 g/mol. The Morgan fingerprint density at radius 2 is 2.00 bits per heavy atom. The number of carbonyl (C=O) groups excluding carboxylic acids is 1. The van der Waals surface area contributed by atoms with E-state index in [4.69, 9.17) is 16.3 Å². The van der Waals surface area contributed by atoms with Crippen LogP contribution in [0.2, 0.25) is 5.02 Å². The zero-order valence-corrected chi connectivity index (χ0v) is 18.1. The summed E-state index contributed by atoms with van der Waals surface area (Å²) in [5.41, 5.74) is 2.41. The van der Waals surface area contributed by atoms with Crippen LogP contribution in [-0.2, 0) is 6.54 Å². The van der Waals surface area contributed by atoms with E-state index in [0.29, 0.717) is 17.1 Å². The molecule has 0 saturated heterocycles. The minimum Gasteiger partial charge on any atom is -0.439 e. The normalized spacial score (nSPS) is 10.8. The van der Waals surface area contributed by atoms with Crippen molar-refractivity contribution in [1.82, 2.24) is 25.1 Å². The highest BCUT2D eigenvalue weighted by Gasteiger charge is 2.16. The van der Waals surface area contributed by atoms with E-state index in [-0.39, 0.29) is 23.1 Å². The number of benzene rings is 1. The zero-order chi connectivity index (χ0) is 22.7. The van der Waals surface area contributed by atoms with E-state index in [0.717, 1.165) is 11.4 Å². The quantitative estimate of drug-likeness (QED) is 0.455. The first-order valence-corrected chi connectivity index (χ1v) is 10.1. The van der Waals surface area contributed by atoms with Crippen molar-refractivity contribution in [3.05, 3.63) is 94.3 Å². The maximum atomic E-state index is 13.4. The van der Waals surface area contributed by atoms with Crippen molar-refractivity contribution in [2.45, 2.75) is 20.4 Å². The molecule has 4 aromatic rings. The van der Waals surface area contributed by atoms with E-state index in [1.54, 1.807) is 47.3 Å². The Kier molecular flexibility index (Phi) is 6.13. The summed E-state index contributed by atoms with van der Waals surface area (Å²) in [5.74, 6) is 0.171. The van der Waals surface area contributed by atoms with Gasteiger partial charge in [-0.15, -0.1) is 0 Å². The number of aryl methyl sites for hydroxylation is 2. The SMILES string of the molecule is Cc1cc(C)n(-c2ccc(Cl)c(C(=O)NCc3cccnc3Oc3cccc(F)c3)n2)n1. The molecule has 1 N–H and O–H groups in total. The van der Waals surface area contributed by atoms with E-state index < -0.39 is 11.7 Å². The van der Waals surface area contributed by atoms with Crippen molar-refractivity contribution in [2.75, 3.05) is 0 Å². The zero-order valence-electron chi connectivity index (χ0n) is 17.3. The second kappa shape index (κ2) is 9.15. The minimum absolute atomic E-state index is 0.0770. The second-order valence-electron chi connectivity index (χ2n) is 7.05. The molecule has 3 aromatic heterocycles. The molecule has 0 fully saturated rings. The standard InChI is InChI=1S/C23H19ClFN5O2/c1-14-11-15(2)30(29-14)20-9-8-19(24)21(28-20)22(31)27-13-16-5-4-10-26-23(16)32-18-7-3-6-17(25)12-18/h3-12H,13H2,1-2H3,(H,27,31). The van der Waals surface area contributed by atoms with Gasteiger partial charge in [-0.05, 0) is 50.2 Å². The largest absolute Gasteiger partial charge is 0.439 e. The fourth-order valence-electron chi connectivity index (χ4n) is 3.12. The van der Waals surface area contributed by atoms with E-state index in [9.17, 15) is 9.18 Å². The van der Waals surface area contributed by atoms with Gasteiger partial charge in [-0.3, -0.25) is 4.79 Å². The van der Waals surface area contributed by atoms with Gasteiger partial charge in [0.05, 0.1) is 10.7 Å². The molecule has 3 heterocycles. The highest BCUT2D eigenvalue weighted by atomic mass is 35.5. The van der Waals surface area contributed by atoms with Crippen molar-refractivity contribution in [2.24, 2.45) is 0 Å². The van der Waals surface area contributed by atoms with Gasteiger partial charge in [-0.2, -0.15) is 5.10 Å². The first-order valence-electron chi connectivity index (χ1n) is 9.76. The maximum Gasteiger partial charge on any atom is 0.271 e. The van der Waals surface area contributed by atoms with Crippen LogP contribution < -0.4 is 10.1 Å². The molecule has 0 unspecified atom stereocenters. The van der Waals surface area contributed by atoms with Crippen LogP contribution in [0.4, 0.5) is 4.39 Å². The average molecular weight is 452 g/mol. The third-order valence-corrected chi connectivity index (χ3v) is 4.88. The molecule has 1 aromatic carbocycles. The summed E-state index contributed by atoms with van der Waals surface area (Å²) < 4.78 is 20.8. The number of carbonyl (C=O) groups is 1. The molecule has 0 aliphatic rings.